The van der Waals surface area contributed by atoms with Crippen molar-refractivity contribution in [2.24, 2.45) is 0 Å². The predicted octanol–water partition coefficient (Wildman–Crippen LogP) is 5.75. The van der Waals surface area contributed by atoms with Crippen molar-refractivity contribution in [3.63, 3.8) is 0 Å². The number of carbonyl (C=O) groups is 1. The number of halogens is 1. The average Bonchev–Trinajstić information content (AvgIpc) is 3.23. The molecule has 1 amide bonds. The van der Waals surface area contributed by atoms with E-state index in [1.807, 2.05) is 47.6 Å². The lowest BCUT2D eigenvalue weighted by molar-refractivity contribution is 0.0983. The fourth-order valence-corrected chi connectivity index (χ4v) is 4.82. The second-order valence-corrected chi connectivity index (χ2v) is 8.83. The minimum Gasteiger partial charge on any atom is -0.494 e. The van der Waals surface area contributed by atoms with Crippen LogP contribution in [0.1, 0.15) is 29.8 Å². The lowest BCUT2D eigenvalue weighted by Gasteiger charge is -2.24. The number of nitrogens with zero attached hydrogens (tertiary/aromatic N) is 3. The molecule has 0 aliphatic carbocycles. The predicted molar refractivity (Wildman–Crippen MR) is 136 cm³/mol. The van der Waals surface area contributed by atoms with Crippen LogP contribution in [0.2, 0.25) is 0 Å². The van der Waals surface area contributed by atoms with Gasteiger partial charge in [-0.2, -0.15) is 0 Å². The smallest absolute Gasteiger partial charge is 0.260 e. The molecule has 0 atom stereocenters. The number of methoxy groups -OCH3 is 1. The van der Waals surface area contributed by atoms with Crippen LogP contribution >= 0.6 is 35.5 Å². The molecule has 0 spiro atoms. The maximum Gasteiger partial charge on any atom is 0.260 e. The highest BCUT2D eigenvalue weighted by atomic mass is 35.5. The highest BCUT2D eigenvalue weighted by molar-refractivity contribution is 7.98. The number of benzene rings is 2. The monoisotopic (exact) mass is 479 g/mol. The number of ether oxygens (including phenoxy) is 1. The average molecular weight is 480 g/mol. The molecule has 0 bridgehead atoms. The van der Waals surface area contributed by atoms with Crippen LogP contribution in [0, 0.1) is 6.92 Å². The van der Waals surface area contributed by atoms with E-state index in [-0.39, 0.29) is 18.3 Å². The topological polar surface area (TPSA) is 45.7 Å². The lowest BCUT2D eigenvalue weighted by Crippen LogP contribution is -2.38. The molecule has 5 nitrogen and oxygen atoms in total. The van der Waals surface area contributed by atoms with Crippen molar-refractivity contribution in [1.29, 1.82) is 0 Å². The van der Waals surface area contributed by atoms with Crippen LogP contribution in [0.3, 0.4) is 0 Å². The Balaban J connectivity index is 0.00000341. The molecule has 0 aliphatic heterocycles. The van der Waals surface area contributed by atoms with E-state index >= 15 is 0 Å². The Hall–Kier alpha value is -1.80. The Morgan fingerprint density at radius 1 is 1.10 bits per heavy atom. The third-order valence-electron chi connectivity index (χ3n) is 5.26. The van der Waals surface area contributed by atoms with Gasteiger partial charge in [0.2, 0.25) is 0 Å². The first-order valence-corrected chi connectivity index (χ1v) is 12.2. The minimum atomic E-state index is -0.0227. The van der Waals surface area contributed by atoms with Crippen molar-refractivity contribution in [3.05, 3.63) is 47.5 Å². The van der Waals surface area contributed by atoms with E-state index in [1.54, 1.807) is 30.2 Å². The summed E-state index contributed by atoms with van der Waals surface area (Å²) in [5, 5.41) is 0.712. The summed E-state index contributed by atoms with van der Waals surface area (Å²) in [7, 11) is 1.65. The first-order chi connectivity index (χ1) is 14.5. The van der Waals surface area contributed by atoms with Crippen LogP contribution in [0.4, 0.5) is 5.13 Å². The first-order valence-electron chi connectivity index (χ1n) is 10.1. The zero-order valence-corrected chi connectivity index (χ0v) is 21.1. The number of fused-ring (bicyclic) bond motifs is 1. The molecule has 2 aromatic carbocycles. The summed E-state index contributed by atoms with van der Waals surface area (Å²) in [6, 6.07) is 11.8. The SMILES string of the molecule is CCN(CC)CCN(C(=O)c1ccc(SC)cc1)c1nc2c(OC)ccc(C)c2s1.Cl. The summed E-state index contributed by atoms with van der Waals surface area (Å²) >= 11 is 3.22. The maximum atomic E-state index is 13.5. The van der Waals surface area contributed by atoms with E-state index in [0.29, 0.717) is 17.2 Å². The van der Waals surface area contributed by atoms with Gasteiger partial charge in [0, 0.05) is 23.5 Å². The number of likely N-dealkylation sites (N-methyl/N-ethyl adjacent to an activating group) is 1. The van der Waals surface area contributed by atoms with Crippen LogP contribution in [0.5, 0.6) is 5.75 Å². The summed E-state index contributed by atoms with van der Waals surface area (Å²) in [6.07, 6.45) is 2.03. The number of aromatic nitrogens is 1. The second-order valence-electron chi connectivity index (χ2n) is 6.97. The van der Waals surface area contributed by atoms with Gasteiger partial charge in [-0.15, -0.1) is 24.2 Å². The van der Waals surface area contributed by atoms with Gasteiger partial charge in [-0.25, -0.2) is 4.98 Å². The van der Waals surface area contributed by atoms with Crippen molar-refractivity contribution in [1.82, 2.24) is 9.88 Å². The molecule has 0 aliphatic rings. The molecule has 3 rings (SSSR count). The number of aryl methyl sites for hydroxylation is 1. The highest BCUT2D eigenvalue weighted by Crippen LogP contribution is 2.36. The van der Waals surface area contributed by atoms with Crippen LogP contribution in [0.15, 0.2) is 41.3 Å². The normalized spacial score (nSPS) is 10.9. The lowest BCUT2D eigenvalue weighted by atomic mass is 10.2. The molecular formula is C23H30ClN3O2S2. The van der Waals surface area contributed by atoms with Crippen molar-refractivity contribution in [2.45, 2.75) is 25.7 Å². The van der Waals surface area contributed by atoms with Gasteiger partial charge < -0.3 is 9.64 Å². The maximum absolute atomic E-state index is 13.5. The van der Waals surface area contributed by atoms with Crippen LogP contribution in [0.25, 0.3) is 10.2 Å². The summed E-state index contributed by atoms with van der Waals surface area (Å²) in [5.74, 6) is 0.712. The molecule has 0 unspecified atom stereocenters. The van der Waals surface area contributed by atoms with Gasteiger partial charge in [-0.3, -0.25) is 9.69 Å². The summed E-state index contributed by atoms with van der Waals surface area (Å²) in [4.78, 5) is 23.6. The summed E-state index contributed by atoms with van der Waals surface area (Å²) in [6.45, 7) is 9.64. The van der Waals surface area contributed by atoms with Gasteiger partial charge in [-0.05, 0) is 62.2 Å². The molecule has 8 heteroatoms. The number of hydrogen-bond donors (Lipinski definition) is 0. The molecule has 31 heavy (non-hydrogen) atoms. The molecule has 168 valence electrons. The van der Waals surface area contributed by atoms with Crippen molar-refractivity contribution >= 4 is 56.8 Å². The van der Waals surface area contributed by atoms with E-state index in [9.17, 15) is 4.79 Å². The van der Waals surface area contributed by atoms with E-state index in [1.165, 1.54) is 0 Å². The first kappa shape index (κ1) is 25.5. The highest BCUT2D eigenvalue weighted by Gasteiger charge is 2.23. The van der Waals surface area contributed by atoms with Gasteiger partial charge >= 0.3 is 0 Å². The molecule has 1 heterocycles. The molecule has 3 aromatic rings. The van der Waals surface area contributed by atoms with Crippen molar-refractivity contribution in [3.8, 4) is 5.75 Å². The molecule has 0 radical (unpaired) electrons. The van der Waals surface area contributed by atoms with E-state index in [0.717, 1.165) is 46.1 Å². The molecule has 1 aromatic heterocycles. The number of thioether (sulfide) groups is 1. The largest absolute Gasteiger partial charge is 0.494 e. The number of hydrogen-bond acceptors (Lipinski definition) is 6. The summed E-state index contributed by atoms with van der Waals surface area (Å²) < 4.78 is 6.57. The van der Waals surface area contributed by atoms with Crippen LogP contribution in [-0.4, -0.2) is 55.3 Å². The third-order valence-corrected chi connectivity index (χ3v) is 7.22. The standard InChI is InChI=1S/C23H29N3O2S2.ClH/c1-6-25(7-2)14-15-26(22(27)17-9-11-18(29-5)12-10-17)23-24-20-19(28-4)13-8-16(3)21(20)30-23;/h8-13H,6-7,14-15H2,1-5H3;1H. The summed E-state index contributed by atoms with van der Waals surface area (Å²) in [5.41, 5.74) is 2.63. The Morgan fingerprint density at radius 3 is 2.35 bits per heavy atom. The van der Waals surface area contributed by atoms with E-state index < -0.39 is 0 Å². The molecule has 0 saturated carbocycles. The molecule has 0 fully saturated rings. The Kier molecular flexibility index (Phi) is 9.62. The van der Waals surface area contributed by atoms with Gasteiger partial charge in [-0.1, -0.05) is 31.3 Å². The zero-order chi connectivity index (χ0) is 21.7. The number of anilines is 1. The van der Waals surface area contributed by atoms with Crippen LogP contribution < -0.4 is 9.64 Å². The molecule has 0 saturated heterocycles. The van der Waals surface area contributed by atoms with Crippen molar-refractivity contribution in [2.75, 3.05) is 44.4 Å². The van der Waals surface area contributed by atoms with E-state index in [2.05, 4.69) is 25.7 Å². The zero-order valence-electron chi connectivity index (χ0n) is 18.7. The molecule has 0 N–H and O–H groups in total. The number of thiazole rings is 1. The number of rotatable bonds is 9. The minimum absolute atomic E-state index is 0. The Labute approximate surface area is 199 Å². The Morgan fingerprint density at radius 2 is 1.77 bits per heavy atom. The fraction of sp³-hybridized carbons (Fsp3) is 0.391. The Bertz CT molecular complexity index is 1000. The second kappa shape index (κ2) is 11.7. The van der Waals surface area contributed by atoms with Crippen molar-refractivity contribution < 1.29 is 9.53 Å². The van der Waals surface area contributed by atoms with Crippen LogP contribution in [-0.2, 0) is 0 Å². The van der Waals surface area contributed by atoms with E-state index in [4.69, 9.17) is 9.72 Å². The van der Waals surface area contributed by atoms with Gasteiger partial charge in [0.1, 0.15) is 11.3 Å². The molecular weight excluding hydrogens is 450 g/mol. The fourth-order valence-electron chi connectivity index (χ4n) is 3.33. The van der Waals surface area contributed by atoms with Gasteiger partial charge in [0.05, 0.1) is 11.8 Å². The van der Waals surface area contributed by atoms with Gasteiger partial charge in [0.15, 0.2) is 5.13 Å². The quantitative estimate of drug-likeness (QED) is 0.366. The number of amides is 1. The third kappa shape index (κ3) is 5.71. The number of carbonyl (C=O) groups excluding carboxylic acids is 1. The van der Waals surface area contributed by atoms with Gasteiger partial charge in [0.25, 0.3) is 5.91 Å².